The third-order valence-corrected chi connectivity index (χ3v) is 7.83. The van der Waals surface area contributed by atoms with Crippen molar-refractivity contribution in [1.82, 2.24) is 19.3 Å². The fraction of sp³-hybridized carbons (Fsp3) is 0.571. The topological polar surface area (TPSA) is 68.1 Å². The van der Waals surface area contributed by atoms with Crippen LogP contribution in [0.4, 0.5) is 0 Å². The molecule has 0 spiro atoms. The molecular formula is C14H18N4O2S2. The van der Waals surface area contributed by atoms with Gasteiger partial charge in [-0.25, -0.2) is 13.1 Å². The number of rotatable bonds is 5. The molecule has 3 heterocycles. The number of sulfonamides is 1. The van der Waals surface area contributed by atoms with E-state index in [2.05, 4.69) is 10.3 Å². The molecule has 6 nitrogen and oxygen atoms in total. The van der Waals surface area contributed by atoms with Crippen molar-refractivity contribution < 1.29 is 8.42 Å². The summed E-state index contributed by atoms with van der Waals surface area (Å²) in [6.45, 7) is 2.99. The summed E-state index contributed by atoms with van der Waals surface area (Å²) in [5.74, 6) is 0.576. The van der Waals surface area contributed by atoms with Crippen LogP contribution in [0.15, 0.2) is 22.5 Å². The van der Waals surface area contributed by atoms with Crippen LogP contribution in [0.1, 0.15) is 42.3 Å². The molecule has 0 bridgehead atoms. The van der Waals surface area contributed by atoms with Crippen molar-refractivity contribution in [1.29, 1.82) is 0 Å². The predicted octanol–water partition coefficient (Wildman–Crippen LogP) is 2.02. The third-order valence-electron chi connectivity index (χ3n) is 4.31. The number of aryl methyl sites for hydroxylation is 1. The minimum absolute atomic E-state index is 0.111. The first kappa shape index (κ1) is 14.3. The smallest absolute Gasteiger partial charge is 0.247 e. The minimum Gasteiger partial charge on any atom is -0.247 e. The average Bonchev–Trinajstić information content (AvgIpc) is 3.00. The van der Waals surface area contributed by atoms with Gasteiger partial charge in [0.15, 0.2) is 0 Å². The van der Waals surface area contributed by atoms with Gasteiger partial charge in [-0.05, 0) is 31.4 Å². The lowest BCUT2D eigenvalue weighted by molar-refractivity contribution is 0.189. The maximum atomic E-state index is 12.5. The Labute approximate surface area is 133 Å². The van der Waals surface area contributed by atoms with Crippen LogP contribution in [0.2, 0.25) is 0 Å². The van der Waals surface area contributed by atoms with E-state index < -0.39 is 10.0 Å². The largest absolute Gasteiger partial charge is 0.252 e. The van der Waals surface area contributed by atoms with Crippen molar-refractivity contribution in [3.63, 3.8) is 0 Å². The molecule has 0 N–H and O–H groups in total. The Morgan fingerprint density at radius 3 is 2.73 bits per heavy atom. The molecule has 0 atom stereocenters. The van der Waals surface area contributed by atoms with Crippen molar-refractivity contribution in [2.75, 3.05) is 13.1 Å². The van der Waals surface area contributed by atoms with Gasteiger partial charge in [0.1, 0.15) is 4.21 Å². The van der Waals surface area contributed by atoms with Crippen molar-refractivity contribution in [2.45, 2.75) is 42.4 Å². The van der Waals surface area contributed by atoms with Crippen LogP contribution in [-0.2, 0) is 16.4 Å². The van der Waals surface area contributed by atoms with Gasteiger partial charge in [0.25, 0.3) is 10.0 Å². The molecule has 2 fully saturated rings. The van der Waals surface area contributed by atoms with Gasteiger partial charge in [0.2, 0.25) is 0 Å². The lowest BCUT2D eigenvalue weighted by Gasteiger charge is -2.37. The summed E-state index contributed by atoms with van der Waals surface area (Å²) in [6.07, 6.45) is 5.24. The van der Waals surface area contributed by atoms with E-state index in [4.69, 9.17) is 0 Å². The second-order valence-corrected chi connectivity index (χ2v) is 9.28. The lowest BCUT2D eigenvalue weighted by Crippen LogP contribution is -2.50. The summed E-state index contributed by atoms with van der Waals surface area (Å²) in [5.41, 5.74) is 1.05. The quantitative estimate of drug-likeness (QED) is 0.836. The first-order chi connectivity index (χ1) is 10.6. The molecule has 0 aromatic carbocycles. The van der Waals surface area contributed by atoms with Gasteiger partial charge in [-0.2, -0.15) is 4.31 Å². The Morgan fingerprint density at radius 1 is 1.32 bits per heavy atom. The minimum atomic E-state index is -3.34. The first-order valence-electron chi connectivity index (χ1n) is 7.58. The fourth-order valence-corrected chi connectivity index (χ4v) is 5.59. The Balaban J connectivity index is 1.45. The number of nitrogens with zero attached hydrogens (tertiary/aromatic N) is 4. The van der Waals surface area contributed by atoms with Crippen molar-refractivity contribution in [2.24, 2.45) is 0 Å². The molecule has 1 aliphatic carbocycles. The van der Waals surface area contributed by atoms with Gasteiger partial charge in [-0.3, -0.25) is 0 Å². The van der Waals surface area contributed by atoms with Gasteiger partial charge >= 0.3 is 0 Å². The summed E-state index contributed by atoms with van der Waals surface area (Å²) < 4.78 is 28.9. The molecule has 1 saturated heterocycles. The highest BCUT2D eigenvalue weighted by Gasteiger charge is 2.39. The van der Waals surface area contributed by atoms with E-state index in [1.165, 1.54) is 28.5 Å². The molecule has 8 heteroatoms. The van der Waals surface area contributed by atoms with Crippen LogP contribution in [0, 0.1) is 0 Å². The molecule has 1 aliphatic heterocycles. The highest BCUT2D eigenvalue weighted by Crippen LogP contribution is 2.39. The fourth-order valence-electron chi connectivity index (χ4n) is 2.63. The molecule has 118 valence electrons. The van der Waals surface area contributed by atoms with Crippen LogP contribution >= 0.6 is 11.3 Å². The van der Waals surface area contributed by atoms with Crippen LogP contribution in [-0.4, -0.2) is 40.8 Å². The summed E-state index contributed by atoms with van der Waals surface area (Å²) >= 11 is 1.37. The van der Waals surface area contributed by atoms with Gasteiger partial charge < -0.3 is 0 Å². The van der Waals surface area contributed by atoms with E-state index >= 15 is 0 Å². The highest BCUT2D eigenvalue weighted by atomic mass is 32.2. The molecule has 0 radical (unpaired) electrons. The molecule has 0 amide bonds. The Hall–Kier alpha value is -1.25. The van der Waals surface area contributed by atoms with E-state index in [9.17, 15) is 8.42 Å². The second-order valence-electron chi connectivity index (χ2n) is 5.95. The second kappa shape index (κ2) is 5.14. The van der Waals surface area contributed by atoms with Gasteiger partial charge in [0.05, 0.1) is 11.7 Å². The molecule has 2 aliphatic rings. The molecule has 2 aromatic rings. The van der Waals surface area contributed by atoms with Crippen LogP contribution in [0.25, 0.3) is 0 Å². The van der Waals surface area contributed by atoms with Crippen LogP contribution in [0.3, 0.4) is 0 Å². The standard InChI is InChI=1S/C14H18N4O2S2/c1-2-12-5-6-14(21-12)22(19,20)17-7-11(8-17)18-9-13(15-16-18)10-3-4-10/h5-6,9-11H,2-4,7-8H2,1H3. The number of hydrogen-bond acceptors (Lipinski definition) is 5. The molecule has 4 rings (SSSR count). The van der Waals surface area contributed by atoms with Gasteiger partial charge in [-0.1, -0.05) is 12.1 Å². The normalized spacial score (nSPS) is 20.2. The number of hydrogen-bond donors (Lipinski definition) is 0. The van der Waals surface area contributed by atoms with Crippen molar-refractivity contribution in [3.8, 4) is 0 Å². The van der Waals surface area contributed by atoms with E-state index in [-0.39, 0.29) is 6.04 Å². The van der Waals surface area contributed by atoms with E-state index in [1.54, 1.807) is 6.07 Å². The van der Waals surface area contributed by atoms with Crippen LogP contribution in [0.5, 0.6) is 0 Å². The maximum absolute atomic E-state index is 12.5. The summed E-state index contributed by atoms with van der Waals surface area (Å²) in [4.78, 5) is 1.10. The Kier molecular flexibility index (Phi) is 3.35. The molecular weight excluding hydrogens is 320 g/mol. The van der Waals surface area contributed by atoms with Gasteiger partial charge in [-0.15, -0.1) is 16.4 Å². The third kappa shape index (κ3) is 2.39. The average molecular weight is 338 g/mol. The monoisotopic (exact) mass is 338 g/mol. The molecule has 2 aromatic heterocycles. The van der Waals surface area contributed by atoms with E-state index in [1.807, 2.05) is 23.9 Å². The zero-order valence-corrected chi connectivity index (χ0v) is 14.0. The predicted molar refractivity (Wildman–Crippen MR) is 83.5 cm³/mol. The van der Waals surface area contributed by atoms with E-state index in [0.717, 1.165) is 17.0 Å². The number of aromatic nitrogens is 3. The van der Waals surface area contributed by atoms with Crippen molar-refractivity contribution >= 4 is 21.4 Å². The molecule has 0 unspecified atom stereocenters. The Morgan fingerprint density at radius 2 is 2.09 bits per heavy atom. The molecule has 1 saturated carbocycles. The van der Waals surface area contributed by atoms with E-state index in [0.29, 0.717) is 23.2 Å². The van der Waals surface area contributed by atoms with Gasteiger partial charge in [0, 0.05) is 30.1 Å². The number of thiophene rings is 1. The van der Waals surface area contributed by atoms with Crippen molar-refractivity contribution in [3.05, 3.63) is 28.9 Å². The maximum Gasteiger partial charge on any atom is 0.252 e. The summed E-state index contributed by atoms with van der Waals surface area (Å²) in [7, 11) is -3.34. The van der Waals surface area contributed by atoms with Crippen LogP contribution < -0.4 is 0 Å². The first-order valence-corrected chi connectivity index (χ1v) is 9.84. The lowest BCUT2D eigenvalue weighted by atomic mass is 10.2. The Bertz CT molecular complexity index is 785. The zero-order chi connectivity index (χ0) is 15.3. The summed E-state index contributed by atoms with van der Waals surface area (Å²) in [5, 5.41) is 8.34. The SMILES string of the molecule is CCc1ccc(S(=O)(=O)N2CC(n3cc(C4CC4)nn3)C2)s1. The molecule has 22 heavy (non-hydrogen) atoms. The summed E-state index contributed by atoms with van der Waals surface area (Å²) in [6, 6.07) is 3.72. The highest BCUT2D eigenvalue weighted by molar-refractivity contribution is 7.91. The zero-order valence-electron chi connectivity index (χ0n) is 12.3.